The number of nitrogens with one attached hydrogen (secondary N) is 2. The zero-order valence-corrected chi connectivity index (χ0v) is 12.1. The fourth-order valence-electron chi connectivity index (χ4n) is 1.33. The second-order valence-electron chi connectivity index (χ2n) is 3.64. The van der Waals surface area contributed by atoms with Crippen LogP contribution in [0.15, 0.2) is 35.6 Å². The second kappa shape index (κ2) is 6.23. The number of benzene rings is 1. The molecule has 8 nitrogen and oxygen atoms in total. The number of carbonyl (C=O) groups excluding carboxylic acids is 1. The molecule has 1 amide bonds. The Bertz CT molecular complexity index is 665. The third-order valence-corrected chi connectivity index (χ3v) is 3.12. The fourth-order valence-corrected chi connectivity index (χ4v) is 1.84. The molecule has 1 aromatic carbocycles. The SMILES string of the molecule is O=C(NN=Cc1ccc([N+](=O)[O-])cc1)c1[nH]ncc1I. The van der Waals surface area contributed by atoms with Gasteiger partial charge >= 0.3 is 0 Å². The summed E-state index contributed by atoms with van der Waals surface area (Å²) in [6.45, 7) is 0. The summed E-state index contributed by atoms with van der Waals surface area (Å²) in [6.07, 6.45) is 2.92. The first kappa shape index (κ1) is 14.1. The Kier molecular flexibility index (Phi) is 4.40. The average molecular weight is 385 g/mol. The van der Waals surface area contributed by atoms with Crippen LogP contribution in [-0.4, -0.2) is 27.2 Å². The summed E-state index contributed by atoms with van der Waals surface area (Å²) in [5.41, 5.74) is 3.29. The molecule has 0 saturated carbocycles. The van der Waals surface area contributed by atoms with Crippen LogP contribution in [0.1, 0.15) is 16.1 Å². The van der Waals surface area contributed by atoms with Crippen molar-refractivity contribution in [3.05, 3.63) is 55.4 Å². The van der Waals surface area contributed by atoms with E-state index in [9.17, 15) is 14.9 Å². The van der Waals surface area contributed by atoms with Crippen molar-refractivity contribution in [2.24, 2.45) is 5.10 Å². The van der Waals surface area contributed by atoms with Gasteiger partial charge in [0.2, 0.25) is 0 Å². The second-order valence-corrected chi connectivity index (χ2v) is 4.80. The third-order valence-electron chi connectivity index (χ3n) is 2.30. The van der Waals surface area contributed by atoms with Gasteiger partial charge in [-0.15, -0.1) is 0 Å². The molecule has 9 heteroatoms. The number of amides is 1. The van der Waals surface area contributed by atoms with Crippen LogP contribution in [0.3, 0.4) is 0 Å². The van der Waals surface area contributed by atoms with E-state index in [0.717, 1.165) is 0 Å². The largest absolute Gasteiger partial charge is 0.290 e. The van der Waals surface area contributed by atoms with Gasteiger partial charge in [-0.1, -0.05) is 0 Å². The molecular formula is C11H8IN5O3. The number of carbonyl (C=O) groups is 1. The van der Waals surface area contributed by atoms with Crippen LogP contribution in [0.4, 0.5) is 5.69 Å². The number of hydrogen-bond acceptors (Lipinski definition) is 5. The van der Waals surface area contributed by atoms with Crippen molar-refractivity contribution < 1.29 is 9.72 Å². The molecule has 2 rings (SSSR count). The highest BCUT2D eigenvalue weighted by molar-refractivity contribution is 14.1. The zero-order valence-electron chi connectivity index (χ0n) is 9.91. The van der Waals surface area contributed by atoms with E-state index in [4.69, 9.17) is 0 Å². The lowest BCUT2D eigenvalue weighted by Crippen LogP contribution is -2.19. The van der Waals surface area contributed by atoms with Gasteiger partial charge in [0, 0.05) is 12.1 Å². The lowest BCUT2D eigenvalue weighted by Gasteiger charge is -1.97. The number of hydrogen-bond donors (Lipinski definition) is 2. The Balaban J connectivity index is 1.98. The Hall–Kier alpha value is -2.30. The van der Waals surface area contributed by atoms with Crippen LogP contribution >= 0.6 is 22.6 Å². The van der Waals surface area contributed by atoms with E-state index >= 15 is 0 Å². The summed E-state index contributed by atoms with van der Waals surface area (Å²) in [7, 11) is 0. The molecule has 0 aliphatic heterocycles. The quantitative estimate of drug-likeness (QED) is 0.361. The number of H-pyrrole nitrogens is 1. The minimum Gasteiger partial charge on any atom is -0.272 e. The minimum atomic E-state index is -0.483. The summed E-state index contributed by atoms with van der Waals surface area (Å²) in [5.74, 6) is -0.412. The lowest BCUT2D eigenvalue weighted by atomic mass is 10.2. The number of nitro benzene ring substituents is 1. The number of hydrazone groups is 1. The Morgan fingerprint density at radius 2 is 2.15 bits per heavy atom. The van der Waals surface area contributed by atoms with Crippen LogP contribution in [0, 0.1) is 13.7 Å². The van der Waals surface area contributed by atoms with Crippen molar-refractivity contribution in [3.8, 4) is 0 Å². The Morgan fingerprint density at radius 3 is 2.70 bits per heavy atom. The van der Waals surface area contributed by atoms with Gasteiger partial charge in [0.1, 0.15) is 5.69 Å². The molecule has 0 bridgehead atoms. The van der Waals surface area contributed by atoms with E-state index < -0.39 is 10.8 Å². The number of non-ortho nitro benzene ring substituents is 1. The van der Waals surface area contributed by atoms with Crippen LogP contribution in [-0.2, 0) is 0 Å². The van der Waals surface area contributed by atoms with Gasteiger partial charge in [-0.05, 0) is 40.3 Å². The van der Waals surface area contributed by atoms with E-state index in [1.807, 2.05) is 22.6 Å². The van der Waals surface area contributed by atoms with Crippen molar-refractivity contribution in [2.75, 3.05) is 0 Å². The van der Waals surface area contributed by atoms with Crippen molar-refractivity contribution in [1.82, 2.24) is 15.6 Å². The van der Waals surface area contributed by atoms with E-state index in [-0.39, 0.29) is 5.69 Å². The number of nitrogens with zero attached hydrogens (tertiary/aromatic N) is 3. The molecule has 102 valence electrons. The minimum absolute atomic E-state index is 0.00167. The predicted octanol–water partition coefficient (Wildman–Crippen LogP) is 1.69. The summed E-state index contributed by atoms with van der Waals surface area (Å²) < 4.78 is 0.686. The van der Waals surface area contributed by atoms with Crippen molar-refractivity contribution in [1.29, 1.82) is 0 Å². The molecule has 0 atom stereocenters. The number of aromatic nitrogens is 2. The van der Waals surface area contributed by atoms with Crippen LogP contribution < -0.4 is 5.43 Å². The topological polar surface area (TPSA) is 113 Å². The molecule has 20 heavy (non-hydrogen) atoms. The molecule has 1 heterocycles. The molecule has 0 saturated heterocycles. The molecule has 0 aliphatic carbocycles. The summed E-state index contributed by atoms with van der Waals surface area (Å²) in [5, 5.41) is 20.5. The van der Waals surface area contributed by atoms with Crippen molar-refractivity contribution in [3.63, 3.8) is 0 Å². The molecule has 0 spiro atoms. The standard InChI is InChI=1S/C11H8IN5O3/c12-9-6-14-15-10(9)11(18)16-13-5-7-1-3-8(4-2-7)17(19)20/h1-6H,(H,14,15)(H,16,18). The molecule has 0 aliphatic rings. The monoisotopic (exact) mass is 385 g/mol. The molecule has 1 aromatic heterocycles. The highest BCUT2D eigenvalue weighted by Gasteiger charge is 2.10. The lowest BCUT2D eigenvalue weighted by molar-refractivity contribution is -0.384. The summed E-state index contributed by atoms with van der Waals surface area (Å²) >= 11 is 1.97. The van der Waals surface area contributed by atoms with Gasteiger partial charge in [-0.3, -0.25) is 20.0 Å². The van der Waals surface area contributed by atoms with E-state index in [2.05, 4.69) is 20.7 Å². The van der Waals surface area contributed by atoms with Crippen LogP contribution in [0.2, 0.25) is 0 Å². The van der Waals surface area contributed by atoms with Crippen molar-refractivity contribution >= 4 is 40.4 Å². The maximum absolute atomic E-state index is 11.7. The van der Waals surface area contributed by atoms with Crippen LogP contribution in [0.5, 0.6) is 0 Å². The van der Waals surface area contributed by atoms with Gasteiger partial charge in [0.25, 0.3) is 11.6 Å². The van der Waals surface area contributed by atoms with Crippen molar-refractivity contribution in [2.45, 2.75) is 0 Å². The first-order valence-electron chi connectivity index (χ1n) is 5.34. The van der Waals surface area contributed by atoms with Gasteiger partial charge in [0.15, 0.2) is 0 Å². The van der Waals surface area contributed by atoms with E-state index in [1.165, 1.54) is 36.7 Å². The van der Waals surface area contributed by atoms with Gasteiger partial charge in [-0.2, -0.15) is 10.2 Å². The van der Waals surface area contributed by atoms with Gasteiger partial charge < -0.3 is 0 Å². The molecule has 0 radical (unpaired) electrons. The number of halogens is 1. The Morgan fingerprint density at radius 1 is 1.45 bits per heavy atom. The first-order valence-corrected chi connectivity index (χ1v) is 6.42. The highest BCUT2D eigenvalue weighted by atomic mass is 127. The zero-order chi connectivity index (χ0) is 14.5. The van der Waals surface area contributed by atoms with Gasteiger partial charge in [0.05, 0.1) is 20.9 Å². The van der Waals surface area contributed by atoms with Crippen LogP contribution in [0.25, 0.3) is 0 Å². The summed E-state index contributed by atoms with van der Waals surface area (Å²) in [6, 6.07) is 5.80. The number of nitro groups is 1. The van der Waals surface area contributed by atoms with E-state index in [1.54, 1.807) is 0 Å². The molecular weight excluding hydrogens is 377 g/mol. The third kappa shape index (κ3) is 3.38. The fraction of sp³-hybridized carbons (Fsp3) is 0. The normalized spacial score (nSPS) is 10.7. The molecule has 0 unspecified atom stereocenters. The maximum Gasteiger partial charge on any atom is 0.290 e. The van der Waals surface area contributed by atoms with Gasteiger partial charge in [-0.25, -0.2) is 5.43 Å². The average Bonchev–Trinajstić information content (AvgIpc) is 2.85. The maximum atomic E-state index is 11.7. The number of rotatable bonds is 4. The van der Waals surface area contributed by atoms with E-state index in [0.29, 0.717) is 14.8 Å². The highest BCUT2D eigenvalue weighted by Crippen LogP contribution is 2.10. The predicted molar refractivity (Wildman–Crippen MR) is 79.5 cm³/mol. The molecule has 0 fully saturated rings. The number of aromatic amines is 1. The summed E-state index contributed by atoms with van der Waals surface area (Å²) in [4.78, 5) is 21.7. The Labute approximate surface area is 126 Å². The molecule has 2 aromatic rings. The first-order chi connectivity index (χ1) is 9.58. The molecule has 2 N–H and O–H groups in total. The smallest absolute Gasteiger partial charge is 0.272 e.